The number of hydrogen-bond acceptors (Lipinski definition) is 7. The Labute approximate surface area is 236 Å². The second-order valence-electron chi connectivity index (χ2n) is 10.7. The van der Waals surface area contributed by atoms with E-state index in [-0.39, 0.29) is 52.0 Å². The standard InChI is InChI=1S/C28H30Cl2FN5O3/c1-3-25(37)36-15-4-5-16(36)9-17(8-15)38-23-10-19-22(11-24(23)39-18-12-35(2)13-18)32-14-33-28(19)34-21-7-6-20(29)26(30)27(21)31/h3,6-7,10,14-18,24H,1,4-5,8-9,11-13H2,2H3,(H,32,33,34)/t15-,16+,17?,24?. The molecule has 11 heteroatoms. The van der Waals surface area contributed by atoms with Crippen molar-refractivity contribution in [2.24, 2.45) is 0 Å². The van der Waals surface area contributed by atoms with E-state index in [0.717, 1.165) is 44.5 Å². The van der Waals surface area contributed by atoms with Gasteiger partial charge in [-0.15, -0.1) is 0 Å². The monoisotopic (exact) mass is 573 g/mol. The van der Waals surface area contributed by atoms with Crippen LogP contribution < -0.4 is 5.32 Å². The zero-order valence-electron chi connectivity index (χ0n) is 21.6. The second-order valence-corrected chi connectivity index (χ2v) is 11.5. The fourth-order valence-corrected chi connectivity index (χ4v) is 6.48. The maximum atomic E-state index is 14.8. The van der Waals surface area contributed by atoms with Gasteiger partial charge in [0.05, 0.1) is 27.5 Å². The van der Waals surface area contributed by atoms with Gasteiger partial charge < -0.3 is 24.6 Å². The molecule has 0 spiro atoms. The summed E-state index contributed by atoms with van der Waals surface area (Å²) in [4.78, 5) is 25.5. The number of anilines is 2. The van der Waals surface area contributed by atoms with Crippen molar-refractivity contribution in [3.05, 3.63) is 64.0 Å². The van der Waals surface area contributed by atoms with Crippen LogP contribution >= 0.6 is 23.2 Å². The van der Waals surface area contributed by atoms with Gasteiger partial charge in [0.2, 0.25) is 5.91 Å². The van der Waals surface area contributed by atoms with E-state index in [4.69, 9.17) is 32.7 Å². The molecule has 1 aromatic heterocycles. The summed E-state index contributed by atoms with van der Waals surface area (Å²) in [5, 5.41) is 3.04. The van der Waals surface area contributed by atoms with Crippen LogP contribution in [-0.2, 0) is 20.7 Å². The summed E-state index contributed by atoms with van der Waals surface area (Å²) in [6.45, 7) is 5.38. The maximum absolute atomic E-state index is 14.8. The topological polar surface area (TPSA) is 79.8 Å². The van der Waals surface area contributed by atoms with Crippen molar-refractivity contribution in [3.63, 3.8) is 0 Å². The Bertz CT molecular complexity index is 1320. The van der Waals surface area contributed by atoms with Crippen LogP contribution in [0.25, 0.3) is 6.08 Å². The summed E-state index contributed by atoms with van der Waals surface area (Å²) in [6.07, 6.45) is 8.48. The predicted octanol–water partition coefficient (Wildman–Crippen LogP) is 4.99. The summed E-state index contributed by atoms with van der Waals surface area (Å²) >= 11 is 12.0. The molecule has 3 saturated heterocycles. The fraction of sp³-hybridized carbons (Fsp3) is 0.464. The minimum absolute atomic E-state index is 0.00975. The summed E-state index contributed by atoms with van der Waals surface area (Å²) in [5.74, 6) is 0.480. The SMILES string of the molecule is C=CC(=O)N1[C@@H]2CC[C@H]1CC(OC1=Cc3c(ncnc3Nc3ccc(Cl)c(Cl)c3F)CC1OC1CN(C)C1)C2. The van der Waals surface area contributed by atoms with E-state index in [9.17, 15) is 9.18 Å². The number of halogens is 3. The van der Waals surface area contributed by atoms with Crippen LogP contribution in [0.3, 0.4) is 0 Å². The van der Waals surface area contributed by atoms with Crippen molar-refractivity contribution in [2.75, 3.05) is 25.5 Å². The highest BCUT2D eigenvalue weighted by Crippen LogP contribution is 2.40. The van der Waals surface area contributed by atoms with Crippen molar-refractivity contribution in [3.8, 4) is 0 Å². The van der Waals surface area contributed by atoms with E-state index in [0.29, 0.717) is 23.6 Å². The second kappa shape index (κ2) is 10.7. The average Bonchev–Trinajstić information content (AvgIpc) is 3.18. The van der Waals surface area contributed by atoms with Crippen LogP contribution in [0.5, 0.6) is 0 Å². The van der Waals surface area contributed by atoms with Crippen molar-refractivity contribution in [1.29, 1.82) is 0 Å². The molecule has 39 heavy (non-hydrogen) atoms. The summed E-state index contributed by atoms with van der Waals surface area (Å²) in [6, 6.07) is 3.35. The first-order valence-corrected chi connectivity index (χ1v) is 14.0. The normalized spacial score (nSPS) is 26.5. The number of hydrogen-bond donors (Lipinski definition) is 1. The predicted molar refractivity (Wildman–Crippen MR) is 148 cm³/mol. The van der Waals surface area contributed by atoms with Crippen LogP contribution in [0.15, 0.2) is 36.9 Å². The molecule has 0 radical (unpaired) electrons. The third-order valence-electron chi connectivity index (χ3n) is 8.05. The third-order valence-corrected chi connectivity index (χ3v) is 8.83. The zero-order valence-corrected chi connectivity index (χ0v) is 23.1. The number of nitrogens with one attached hydrogen (secondary N) is 1. The number of carbonyl (C=O) groups is 1. The lowest BCUT2D eigenvalue weighted by Gasteiger charge is -2.41. The van der Waals surface area contributed by atoms with Gasteiger partial charge in [-0.1, -0.05) is 29.8 Å². The number of rotatable bonds is 7. The Hall–Kier alpha value is -2.72. The smallest absolute Gasteiger partial charge is 0.246 e. The molecule has 3 fully saturated rings. The molecule has 1 aliphatic carbocycles. The number of ether oxygens (including phenoxy) is 2. The Morgan fingerprint density at radius 3 is 2.62 bits per heavy atom. The van der Waals surface area contributed by atoms with Crippen molar-refractivity contribution in [2.45, 2.75) is 62.5 Å². The molecule has 1 aromatic carbocycles. The number of amides is 1. The van der Waals surface area contributed by atoms with E-state index in [1.165, 1.54) is 24.5 Å². The Kier molecular flexibility index (Phi) is 7.26. The molecule has 8 nitrogen and oxygen atoms in total. The van der Waals surface area contributed by atoms with Crippen molar-refractivity contribution in [1.82, 2.24) is 19.8 Å². The van der Waals surface area contributed by atoms with Gasteiger partial charge in [-0.2, -0.15) is 0 Å². The summed E-state index contributed by atoms with van der Waals surface area (Å²) < 4.78 is 28.0. The van der Waals surface area contributed by atoms with E-state index >= 15 is 0 Å². The largest absolute Gasteiger partial charge is 0.492 e. The summed E-state index contributed by atoms with van der Waals surface area (Å²) in [5.41, 5.74) is 1.66. The minimum Gasteiger partial charge on any atom is -0.492 e. The van der Waals surface area contributed by atoms with Gasteiger partial charge >= 0.3 is 0 Å². The lowest BCUT2D eigenvalue weighted by atomic mass is 9.96. The van der Waals surface area contributed by atoms with Crippen molar-refractivity contribution >= 4 is 46.7 Å². The molecule has 1 N–H and O–H groups in total. The van der Waals surface area contributed by atoms with E-state index in [1.54, 1.807) is 0 Å². The number of carbonyl (C=O) groups excluding carboxylic acids is 1. The Balaban J connectivity index is 1.28. The highest BCUT2D eigenvalue weighted by molar-refractivity contribution is 6.42. The molecule has 0 saturated carbocycles. The quantitative estimate of drug-likeness (QED) is 0.369. The number of likely N-dealkylation sites (N-methyl/N-ethyl adjacent to an activating group) is 1. The van der Waals surface area contributed by atoms with Gasteiger partial charge in [-0.3, -0.25) is 4.79 Å². The van der Waals surface area contributed by atoms with Crippen LogP contribution in [0.2, 0.25) is 10.0 Å². The molecule has 4 heterocycles. The van der Waals surface area contributed by atoms with E-state index in [2.05, 4.69) is 33.8 Å². The van der Waals surface area contributed by atoms with Gasteiger partial charge in [-0.05, 0) is 44.2 Å². The van der Waals surface area contributed by atoms with Gasteiger partial charge in [0.25, 0.3) is 0 Å². The Morgan fingerprint density at radius 2 is 1.92 bits per heavy atom. The van der Waals surface area contributed by atoms with Gasteiger partial charge in [0, 0.05) is 50.0 Å². The average molecular weight is 574 g/mol. The number of aromatic nitrogens is 2. The zero-order chi connectivity index (χ0) is 27.3. The molecule has 2 bridgehead atoms. The number of nitrogens with zero attached hydrogens (tertiary/aromatic N) is 4. The fourth-order valence-electron chi connectivity index (χ4n) is 6.17. The first-order valence-electron chi connectivity index (χ1n) is 13.2. The number of benzene rings is 1. The molecule has 2 unspecified atom stereocenters. The highest BCUT2D eigenvalue weighted by atomic mass is 35.5. The van der Waals surface area contributed by atoms with E-state index < -0.39 is 5.82 Å². The first-order chi connectivity index (χ1) is 18.8. The van der Waals surface area contributed by atoms with Gasteiger partial charge in [0.1, 0.15) is 30.1 Å². The molecule has 4 atom stereocenters. The minimum atomic E-state index is -0.653. The van der Waals surface area contributed by atoms with E-state index in [1.807, 2.05) is 11.0 Å². The lowest BCUT2D eigenvalue weighted by molar-refractivity contribution is -0.133. The molecule has 2 aromatic rings. The van der Waals surface area contributed by atoms with Crippen LogP contribution in [0.4, 0.5) is 15.9 Å². The molecule has 3 aliphatic heterocycles. The van der Waals surface area contributed by atoms with Crippen molar-refractivity contribution < 1.29 is 18.7 Å². The molecular weight excluding hydrogens is 544 g/mol. The molecule has 206 valence electrons. The highest BCUT2D eigenvalue weighted by Gasteiger charge is 2.44. The maximum Gasteiger partial charge on any atom is 0.246 e. The van der Waals surface area contributed by atoms with Crippen LogP contribution in [0.1, 0.15) is 36.9 Å². The molecular formula is C28H30Cl2FN5O3. The first kappa shape index (κ1) is 26.5. The third kappa shape index (κ3) is 5.13. The molecule has 4 aliphatic rings. The lowest BCUT2D eigenvalue weighted by Crippen LogP contribution is -2.52. The van der Waals surface area contributed by atoms with Gasteiger partial charge in [0.15, 0.2) is 5.82 Å². The molecule has 6 rings (SSSR count). The molecule has 1 amide bonds. The van der Waals surface area contributed by atoms with Crippen LogP contribution in [0, 0.1) is 5.82 Å². The number of piperidine rings is 1. The van der Waals surface area contributed by atoms with Gasteiger partial charge in [-0.25, -0.2) is 14.4 Å². The Morgan fingerprint density at radius 1 is 1.18 bits per heavy atom. The number of fused-ring (bicyclic) bond motifs is 3. The van der Waals surface area contributed by atoms with Crippen LogP contribution in [-0.4, -0.2) is 76.2 Å². The number of likely N-dealkylation sites (tertiary alicyclic amines) is 1. The summed E-state index contributed by atoms with van der Waals surface area (Å²) in [7, 11) is 2.06.